The van der Waals surface area contributed by atoms with E-state index in [4.69, 9.17) is 0 Å². The van der Waals surface area contributed by atoms with E-state index in [0.29, 0.717) is 16.0 Å². The minimum absolute atomic E-state index is 0.0407. The molecule has 2 aromatic rings. The van der Waals surface area contributed by atoms with E-state index in [0.717, 1.165) is 11.3 Å². The number of benzene rings is 1. The third-order valence-electron chi connectivity index (χ3n) is 3.42. The van der Waals surface area contributed by atoms with Gasteiger partial charge in [-0.15, -0.1) is 11.3 Å². The predicted molar refractivity (Wildman–Crippen MR) is 93.7 cm³/mol. The Morgan fingerprint density at radius 1 is 1.00 bits per heavy atom. The average Bonchev–Trinajstić information content (AvgIpc) is 2.93. The topological polar surface area (TPSA) is 98.8 Å². The van der Waals surface area contributed by atoms with Crippen molar-refractivity contribution < 1.29 is 27.5 Å². The van der Waals surface area contributed by atoms with Gasteiger partial charge in [0.25, 0.3) is 10.0 Å². The molecule has 0 radical (unpaired) electrons. The number of nitrogens with one attached hydrogen (secondary N) is 1. The van der Waals surface area contributed by atoms with Crippen LogP contribution in [0.4, 0.5) is 5.00 Å². The highest BCUT2D eigenvalue weighted by Crippen LogP contribution is 2.30. The summed E-state index contributed by atoms with van der Waals surface area (Å²) in [6, 6.07) is 5.82. The van der Waals surface area contributed by atoms with E-state index in [1.807, 2.05) is 0 Å². The van der Waals surface area contributed by atoms with Gasteiger partial charge < -0.3 is 9.47 Å². The molecule has 134 valence electrons. The third kappa shape index (κ3) is 3.99. The molecule has 1 heterocycles. The number of rotatable bonds is 5. The Bertz CT molecular complexity index is 930. The van der Waals surface area contributed by atoms with Crippen molar-refractivity contribution in [3.63, 3.8) is 0 Å². The number of ether oxygens (including phenoxy) is 2. The molecule has 0 atom stereocenters. The molecule has 0 bridgehead atoms. The smallest absolute Gasteiger partial charge is 0.348 e. The van der Waals surface area contributed by atoms with Crippen molar-refractivity contribution in [2.24, 2.45) is 0 Å². The van der Waals surface area contributed by atoms with Crippen LogP contribution in [0, 0.1) is 13.8 Å². The molecule has 0 aliphatic carbocycles. The predicted octanol–water partition coefficient (Wildman–Crippen LogP) is 2.74. The third-order valence-corrected chi connectivity index (χ3v) is 6.19. The first-order valence-electron chi connectivity index (χ1n) is 7.10. The molecule has 1 aromatic carbocycles. The Kier molecular flexibility index (Phi) is 5.48. The van der Waals surface area contributed by atoms with Gasteiger partial charge in [-0.2, -0.15) is 0 Å². The molecule has 0 saturated heterocycles. The summed E-state index contributed by atoms with van der Waals surface area (Å²) in [5, 5.41) is 0.278. The number of aryl methyl sites for hydroxylation is 2. The van der Waals surface area contributed by atoms with Gasteiger partial charge in [0, 0.05) is 0 Å². The molecule has 25 heavy (non-hydrogen) atoms. The van der Waals surface area contributed by atoms with E-state index in [9.17, 15) is 18.0 Å². The van der Waals surface area contributed by atoms with Crippen LogP contribution >= 0.6 is 11.3 Å². The van der Waals surface area contributed by atoms with Crippen molar-refractivity contribution in [2.75, 3.05) is 18.9 Å². The number of thiophene rings is 1. The van der Waals surface area contributed by atoms with Crippen molar-refractivity contribution in [2.45, 2.75) is 18.7 Å². The van der Waals surface area contributed by atoms with Crippen LogP contribution in [-0.2, 0) is 19.5 Å². The molecule has 2 rings (SSSR count). The van der Waals surface area contributed by atoms with E-state index in [1.54, 1.807) is 19.9 Å². The largest absolute Gasteiger partial charge is 0.465 e. The highest BCUT2D eigenvalue weighted by Gasteiger charge is 2.22. The van der Waals surface area contributed by atoms with Gasteiger partial charge in [-0.3, -0.25) is 4.72 Å². The summed E-state index contributed by atoms with van der Waals surface area (Å²) in [4.78, 5) is 23.6. The zero-order valence-corrected chi connectivity index (χ0v) is 15.7. The highest BCUT2D eigenvalue weighted by molar-refractivity contribution is 7.93. The van der Waals surface area contributed by atoms with Gasteiger partial charge >= 0.3 is 11.9 Å². The normalized spacial score (nSPS) is 11.0. The monoisotopic (exact) mass is 383 g/mol. The van der Waals surface area contributed by atoms with Crippen LogP contribution in [0.1, 0.15) is 31.2 Å². The first kappa shape index (κ1) is 18.9. The van der Waals surface area contributed by atoms with Crippen LogP contribution in [0.25, 0.3) is 0 Å². The zero-order chi connectivity index (χ0) is 18.8. The van der Waals surface area contributed by atoms with E-state index < -0.39 is 22.0 Å². The van der Waals surface area contributed by atoms with Gasteiger partial charge in [-0.25, -0.2) is 18.0 Å². The SMILES string of the molecule is COC(=O)c1ccc(C)c(S(=O)(=O)Nc2cc(C)c(C(=O)OC)s2)c1. The summed E-state index contributed by atoms with van der Waals surface area (Å²) in [5.74, 6) is -1.16. The molecule has 1 aromatic heterocycles. The van der Waals surface area contributed by atoms with Crippen molar-refractivity contribution in [3.8, 4) is 0 Å². The summed E-state index contributed by atoms with van der Waals surface area (Å²) < 4.78 is 37.1. The Hall–Kier alpha value is -2.39. The summed E-state index contributed by atoms with van der Waals surface area (Å²) >= 11 is 0.978. The number of anilines is 1. The van der Waals surface area contributed by atoms with Crippen LogP contribution in [0.3, 0.4) is 0 Å². The van der Waals surface area contributed by atoms with E-state index >= 15 is 0 Å². The van der Waals surface area contributed by atoms with Crippen LogP contribution in [0.15, 0.2) is 29.2 Å². The lowest BCUT2D eigenvalue weighted by Gasteiger charge is -2.10. The minimum atomic E-state index is -3.94. The van der Waals surface area contributed by atoms with Gasteiger partial charge in [0.15, 0.2) is 0 Å². The van der Waals surface area contributed by atoms with Crippen LogP contribution in [-0.4, -0.2) is 34.6 Å². The second kappa shape index (κ2) is 7.24. The highest BCUT2D eigenvalue weighted by atomic mass is 32.2. The van der Waals surface area contributed by atoms with E-state index in [1.165, 1.54) is 32.4 Å². The zero-order valence-electron chi connectivity index (χ0n) is 14.1. The van der Waals surface area contributed by atoms with Gasteiger partial charge in [0.2, 0.25) is 0 Å². The summed E-state index contributed by atoms with van der Waals surface area (Å²) in [6.45, 7) is 3.30. The lowest BCUT2D eigenvalue weighted by Crippen LogP contribution is -2.14. The minimum Gasteiger partial charge on any atom is -0.465 e. The Labute approximate surface area is 149 Å². The number of carbonyl (C=O) groups is 2. The van der Waals surface area contributed by atoms with Gasteiger partial charge in [0.05, 0.1) is 24.7 Å². The van der Waals surface area contributed by atoms with E-state index in [2.05, 4.69) is 14.2 Å². The first-order valence-corrected chi connectivity index (χ1v) is 9.40. The number of esters is 2. The fourth-order valence-corrected chi connectivity index (χ4v) is 4.70. The van der Waals surface area contributed by atoms with Crippen molar-refractivity contribution in [1.82, 2.24) is 0 Å². The lowest BCUT2D eigenvalue weighted by atomic mass is 10.1. The molecule has 0 spiro atoms. The van der Waals surface area contributed by atoms with Crippen LogP contribution in [0.2, 0.25) is 0 Å². The molecular weight excluding hydrogens is 366 g/mol. The van der Waals surface area contributed by atoms with Gasteiger partial charge in [0.1, 0.15) is 9.88 Å². The number of sulfonamides is 1. The molecule has 0 unspecified atom stereocenters. The van der Waals surface area contributed by atoms with Gasteiger partial charge in [-0.05, 0) is 43.2 Å². The molecule has 9 heteroatoms. The Morgan fingerprint density at radius 2 is 1.64 bits per heavy atom. The maximum atomic E-state index is 12.7. The van der Waals surface area contributed by atoms with Crippen molar-refractivity contribution in [3.05, 3.63) is 45.8 Å². The van der Waals surface area contributed by atoms with Crippen LogP contribution < -0.4 is 4.72 Å². The van der Waals surface area contributed by atoms with Crippen molar-refractivity contribution >= 4 is 38.3 Å². The first-order chi connectivity index (χ1) is 11.7. The number of hydrogen-bond acceptors (Lipinski definition) is 7. The second-order valence-corrected chi connectivity index (χ2v) is 7.89. The Morgan fingerprint density at radius 3 is 2.24 bits per heavy atom. The molecule has 0 aliphatic rings. The molecular formula is C16H17NO6S2. The molecule has 1 N–H and O–H groups in total. The fourth-order valence-electron chi connectivity index (χ4n) is 2.15. The second-order valence-electron chi connectivity index (χ2n) is 5.19. The quantitative estimate of drug-likeness (QED) is 0.797. The molecule has 0 aliphatic heterocycles. The molecule has 0 amide bonds. The average molecular weight is 383 g/mol. The molecule has 0 fully saturated rings. The summed E-state index contributed by atoms with van der Waals surface area (Å²) in [6.07, 6.45) is 0. The summed E-state index contributed by atoms with van der Waals surface area (Å²) in [7, 11) is -1.47. The maximum Gasteiger partial charge on any atom is 0.348 e. The standard InChI is InChI=1S/C16H17NO6S2/c1-9-5-6-11(15(18)22-3)8-12(9)25(20,21)17-13-7-10(2)14(24-13)16(19)23-4/h5-8,17H,1-4H3. The van der Waals surface area contributed by atoms with Gasteiger partial charge in [-0.1, -0.05) is 6.07 Å². The number of hydrogen-bond donors (Lipinski definition) is 1. The van der Waals surface area contributed by atoms with Crippen LogP contribution in [0.5, 0.6) is 0 Å². The molecule has 0 saturated carbocycles. The summed E-state index contributed by atoms with van der Waals surface area (Å²) in [5.41, 5.74) is 1.21. The number of methoxy groups -OCH3 is 2. The van der Waals surface area contributed by atoms with Crippen molar-refractivity contribution in [1.29, 1.82) is 0 Å². The van der Waals surface area contributed by atoms with E-state index in [-0.39, 0.29) is 15.5 Å². The maximum absolute atomic E-state index is 12.7. The Balaban J connectivity index is 2.40. The molecule has 7 nitrogen and oxygen atoms in total. The fraction of sp³-hybridized carbons (Fsp3) is 0.250. The lowest BCUT2D eigenvalue weighted by molar-refractivity contribution is 0.0593. The number of carbonyl (C=O) groups excluding carboxylic acids is 2.